The van der Waals surface area contributed by atoms with Crippen LogP contribution in [0.25, 0.3) is 22.2 Å². The number of pyridine rings is 3. The Morgan fingerprint density at radius 2 is 1.71 bits per heavy atom. The third-order valence-corrected chi connectivity index (χ3v) is 7.34. The van der Waals surface area contributed by atoms with Gasteiger partial charge in [0.1, 0.15) is 11.3 Å². The van der Waals surface area contributed by atoms with Crippen molar-refractivity contribution in [3.05, 3.63) is 102 Å². The Kier molecular flexibility index (Phi) is 6.39. The quantitative estimate of drug-likeness (QED) is 0.195. The summed E-state index contributed by atoms with van der Waals surface area (Å²) in [5.74, 6) is 0.928. The zero-order chi connectivity index (χ0) is 25.9. The summed E-state index contributed by atoms with van der Waals surface area (Å²) in [7, 11) is 0. The van der Waals surface area contributed by atoms with E-state index in [4.69, 9.17) is 9.97 Å². The number of nitrogens with zero attached hydrogens (tertiary/aromatic N) is 4. The summed E-state index contributed by atoms with van der Waals surface area (Å²) < 4.78 is 0. The van der Waals surface area contributed by atoms with E-state index in [1.165, 1.54) is 22.9 Å². The van der Waals surface area contributed by atoms with Gasteiger partial charge in [0.05, 0.1) is 6.20 Å². The Bertz CT molecular complexity index is 1670. The van der Waals surface area contributed by atoms with Crippen LogP contribution in [0, 0.1) is 6.07 Å². The van der Waals surface area contributed by atoms with Crippen molar-refractivity contribution in [3.63, 3.8) is 0 Å². The van der Waals surface area contributed by atoms with Crippen LogP contribution in [0.3, 0.4) is 0 Å². The van der Waals surface area contributed by atoms with Crippen molar-refractivity contribution >= 4 is 28.1 Å². The molecular weight excluding hydrogens is 651 g/mol. The van der Waals surface area contributed by atoms with Crippen molar-refractivity contribution in [1.82, 2.24) is 15.0 Å². The fourth-order valence-electron chi connectivity index (χ4n) is 5.20. The molecular formula is C32H29N4OPt-. The second-order valence-corrected chi connectivity index (χ2v) is 11.2. The molecule has 0 radical (unpaired) electrons. The van der Waals surface area contributed by atoms with E-state index in [0.29, 0.717) is 5.52 Å². The molecule has 0 atom stereocenters. The number of aromatic nitrogens is 3. The van der Waals surface area contributed by atoms with Gasteiger partial charge >= 0.3 is 0 Å². The van der Waals surface area contributed by atoms with E-state index < -0.39 is 0 Å². The predicted octanol–water partition coefficient (Wildman–Crippen LogP) is 7.60. The van der Waals surface area contributed by atoms with Gasteiger partial charge in [0.25, 0.3) is 0 Å². The first kappa shape index (κ1) is 26.1. The maximum absolute atomic E-state index is 10.3. The maximum atomic E-state index is 10.3. The molecule has 194 valence electrons. The van der Waals surface area contributed by atoms with E-state index in [2.05, 4.69) is 99.1 Å². The van der Waals surface area contributed by atoms with Crippen LogP contribution in [-0.2, 0) is 31.9 Å². The zero-order valence-corrected chi connectivity index (χ0v) is 24.3. The monoisotopic (exact) mass is 680 g/mol. The largest absolute Gasteiger partial charge is 0.504 e. The van der Waals surface area contributed by atoms with Crippen molar-refractivity contribution in [2.75, 3.05) is 4.90 Å². The second kappa shape index (κ2) is 9.32. The minimum atomic E-state index is -0.222. The van der Waals surface area contributed by atoms with Gasteiger partial charge in [0.2, 0.25) is 0 Å². The van der Waals surface area contributed by atoms with Gasteiger partial charge in [0.15, 0.2) is 5.75 Å². The molecule has 6 heteroatoms. The van der Waals surface area contributed by atoms with Gasteiger partial charge in [-0.1, -0.05) is 70.5 Å². The molecule has 0 saturated carbocycles. The molecule has 5 nitrogen and oxygen atoms in total. The number of benzene rings is 2. The van der Waals surface area contributed by atoms with Crippen LogP contribution in [0.5, 0.6) is 5.75 Å². The Hall–Kier alpha value is -3.56. The smallest absolute Gasteiger partial charge is 0.159 e. The molecule has 0 saturated heterocycles. The van der Waals surface area contributed by atoms with Crippen molar-refractivity contribution in [2.24, 2.45) is 0 Å². The maximum Gasteiger partial charge on any atom is 0.159 e. The van der Waals surface area contributed by atoms with Crippen LogP contribution in [-0.4, -0.2) is 20.1 Å². The molecule has 2 aromatic carbocycles. The number of anilines is 3. The Morgan fingerprint density at radius 3 is 2.50 bits per heavy atom. The van der Waals surface area contributed by atoms with Crippen LogP contribution in [0.15, 0.2) is 79.3 Å². The number of hydrogen-bond acceptors (Lipinski definition) is 5. The molecule has 0 unspecified atom stereocenters. The summed E-state index contributed by atoms with van der Waals surface area (Å²) in [6.45, 7) is 11.2. The summed E-state index contributed by atoms with van der Waals surface area (Å²) >= 11 is 0. The molecule has 1 aliphatic rings. The first-order valence-corrected chi connectivity index (χ1v) is 12.5. The normalized spacial score (nSPS) is 14.0. The Morgan fingerprint density at radius 1 is 0.921 bits per heavy atom. The summed E-state index contributed by atoms with van der Waals surface area (Å²) in [4.78, 5) is 15.9. The molecule has 0 aliphatic carbocycles. The van der Waals surface area contributed by atoms with E-state index >= 15 is 0 Å². The first-order valence-electron chi connectivity index (χ1n) is 12.5. The topological polar surface area (TPSA) is 62.1 Å². The minimum absolute atomic E-state index is 0. The average Bonchev–Trinajstić information content (AvgIpc) is 2.88. The Labute approximate surface area is 237 Å². The zero-order valence-electron chi connectivity index (χ0n) is 22.1. The molecule has 4 heterocycles. The summed E-state index contributed by atoms with van der Waals surface area (Å²) in [6.07, 6.45) is 5.02. The van der Waals surface area contributed by atoms with Gasteiger partial charge < -0.3 is 10.0 Å². The summed E-state index contributed by atoms with van der Waals surface area (Å²) in [5.41, 5.74) is 7.58. The van der Waals surface area contributed by atoms with E-state index in [9.17, 15) is 5.11 Å². The first-order chi connectivity index (χ1) is 17.6. The molecule has 5 aromatic rings. The summed E-state index contributed by atoms with van der Waals surface area (Å²) in [5, 5.41) is 11.1. The molecule has 0 amide bonds. The van der Waals surface area contributed by atoms with Crippen LogP contribution in [0.4, 0.5) is 17.2 Å². The SMILES string of the molecule is CC(C)(C)c1ccnc(N2c3[c-]c(-c4ccc5cncc(O)c5n4)ccc3C(C)(C)c3ccccc32)c1.[Pt]. The van der Waals surface area contributed by atoms with Gasteiger partial charge in [-0.2, -0.15) is 0 Å². The van der Waals surface area contributed by atoms with Gasteiger partial charge in [-0.3, -0.25) is 9.97 Å². The molecule has 0 fully saturated rings. The van der Waals surface area contributed by atoms with Gasteiger partial charge in [-0.05, 0) is 51.5 Å². The number of aromatic hydroxyl groups is 1. The van der Waals surface area contributed by atoms with Gasteiger partial charge in [-0.25, -0.2) is 4.98 Å². The van der Waals surface area contributed by atoms with Gasteiger partial charge in [0, 0.05) is 44.5 Å². The molecule has 1 aliphatic heterocycles. The second-order valence-electron chi connectivity index (χ2n) is 11.2. The standard InChI is InChI=1S/C32H29N4O.Pt/c1-31(2,3)22-14-15-34-29(17-22)36-26-9-7-6-8-23(26)32(4,5)24-12-10-20(16-27(24)36)25-13-11-21-18-33-19-28(37)30(21)35-25;/h6-15,17-19,37H,1-5H3;/q-1;. The number of rotatable bonds is 2. The van der Waals surface area contributed by atoms with E-state index in [0.717, 1.165) is 33.8 Å². The van der Waals surface area contributed by atoms with E-state index in [-0.39, 0.29) is 37.6 Å². The van der Waals surface area contributed by atoms with E-state index in [1.54, 1.807) is 6.20 Å². The van der Waals surface area contributed by atoms with Crippen molar-refractivity contribution in [2.45, 2.75) is 45.4 Å². The van der Waals surface area contributed by atoms with Crippen LogP contribution < -0.4 is 4.90 Å². The average molecular weight is 681 g/mol. The molecule has 0 bridgehead atoms. The number of fused-ring (bicyclic) bond motifs is 3. The van der Waals surface area contributed by atoms with Crippen LogP contribution >= 0.6 is 0 Å². The van der Waals surface area contributed by atoms with Gasteiger partial charge in [-0.15, -0.1) is 23.8 Å². The van der Waals surface area contributed by atoms with E-state index in [1.807, 2.05) is 18.3 Å². The van der Waals surface area contributed by atoms with Crippen molar-refractivity contribution in [3.8, 4) is 17.0 Å². The molecule has 38 heavy (non-hydrogen) atoms. The third kappa shape index (κ3) is 4.19. The number of hydrogen-bond donors (Lipinski definition) is 1. The molecule has 6 rings (SSSR count). The molecule has 3 aromatic heterocycles. The third-order valence-electron chi connectivity index (χ3n) is 7.34. The predicted molar refractivity (Wildman–Crippen MR) is 149 cm³/mol. The molecule has 1 N–H and O–H groups in total. The van der Waals surface area contributed by atoms with Crippen LogP contribution in [0.2, 0.25) is 0 Å². The summed E-state index contributed by atoms with van der Waals surface area (Å²) in [6, 6.07) is 24.6. The fourth-order valence-corrected chi connectivity index (χ4v) is 5.20. The fraction of sp³-hybridized carbons (Fsp3) is 0.219. The van der Waals surface area contributed by atoms with Crippen molar-refractivity contribution < 1.29 is 26.2 Å². The molecule has 0 spiro atoms. The van der Waals surface area contributed by atoms with Crippen molar-refractivity contribution in [1.29, 1.82) is 0 Å². The number of para-hydroxylation sites is 1. The minimum Gasteiger partial charge on any atom is -0.504 e. The Balaban J connectivity index is 0.00000294. The van der Waals surface area contributed by atoms with Crippen LogP contribution in [0.1, 0.15) is 51.3 Å².